The zero-order valence-electron chi connectivity index (χ0n) is 15.2. The van der Waals surface area contributed by atoms with Crippen LogP contribution in [0.3, 0.4) is 0 Å². The summed E-state index contributed by atoms with van der Waals surface area (Å²) in [4.78, 5) is 2.39. The number of rotatable bonds is 6. The lowest BCUT2D eigenvalue weighted by molar-refractivity contribution is 0.122. The van der Waals surface area contributed by atoms with Gasteiger partial charge in [-0.15, -0.1) is 0 Å². The molecule has 1 saturated heterocycles. The first kappa shape index (κ1) is 18.1. The monoisotopic (exact) mass is 382 g/mol. The molecule has 1 aliphatic rings. The highest BCUT2D eigenvalue weighted by molar-refractivity contribution is 6.33. The van der Waals surface area contributed by atoms with Gasteiger partial charge in [-0.05, 0) is 35.9 Å². The lowest BCUT2D eigenvalue weighted by Gasteiger charge is -2.30. The van der Waals surface area contributed by atoms with Crippen molar-refractivity contribution in [3.05, 3.63) is 77.0 Å². The van der Waals surface area contributed by atoms with Crippen LogP contribution in [0.2, 0.25) is 5.02 Å². The summed E-state index contributed by atoms with van der Waals surface area (Å²) in [5.41, 5.74) is 3.49. The Hall–Kier alpha value is -2.27. The van der Waals surface area contributed by atoms with Gasteiger partial charge in [0.1, 0.15) is 11.5 Å². The average molecular weight is 383 g/mol. The van der Waals surface area contributed by atoms with Crippen LogP contribution >= 0.6 is 11.6 Å². The number of ether oxygens (including phenoxy) is 1. The predicted octanol–water partition coefficient (Wildman–Crippen LogP) is 4.73. The molecule has 0 spiro atoms. The second-order valence-electron chi connectivity index (χ2n) is 6.58. The van der Waals surface area contributed by atoms with E-state index in [0.29, 0.717) is 11.6 Å². The SMILES string of the molecule is Clc1ccccc1-c1ccc(CNCc2ccccc2N2CCOCC2)o1. The van der Waals surface area contributed by atoms with E-state index in [9.17, 15) is 0 Å². The van der Waals surface area contributed by atoms with Crippen molar-refractivity contribution in [2.45, 2.75) is 13.1 Å². The highest BCUT2D eigenvalue weighted by atomic mass is 35.5. The van der Waals surface area contributed by atoms with Crippen molar-refractivity contribution < 1.29 is 9.15 Å². The average Bonchev–Trinajstić information content (AvgIpc) is 3.18. The summed E-state index contributed by atoms with van der Waals surface area (Å²) in [6.07, 6.45) is 0. The molecule has 0 aliphatic carbocycles. The first-order chi connectivity index (χ1) is 13.3. The van der Waals surface area contributed by atoms with E-state index in [4.69, 9.17) is 20.8 Å². The van der Waals surface area contributed by atoms with Crippen LogP contribution in [0.25, 0.3) is 11.3 Å². The van der Waals surface area contributed by atoms with Gasteiger partial charge in [-0.1, -0.05) is 41.9 Å². The number of anilines is 1. The van der Waals surface area contributed by atoms with Crippen LogP contribution in [0.15, 0.2) is 65.1 Å². The van der Waals surface area contributed by atoms with Crippen molar-refractivity contribution in [2.24, 2.45) is 0 Å². The fourth-order valence-corrected chi connectivity index (χ4v) is 3.60. The molecule has 1 aromatic heterocycles. The van der Waals surface area contributed by atoms with Gasteiger partial charge in [-0.2, -0.15) is 0 Å². The Morgan fingerprint density at radius 1 is 0.889 bits per heavy atom. The first-order valence-corrected chi connectivity index (χ1v) is 9.64. The largest absolute Gasteiger partial charge is 0.460 e. The molecule has 140 valence electrons. The van der Waals surface area contributed by atoms with Gasteiger partial charge < -0.3 is 19.4 Å². The normalized spacial score (nSPS) is 14.5. The zero-order chi connectivity index (χ0) is 18.5. The van der Waals surface area contributed by atoms with Gasteiger partial charge in [-0.25, -0.2) is 0 Å². The van der Waals surface area contributed by atoms with Crippen molar-refractivity contribution in [3.63, 3.8) is 0 Å². The van der Waals surface area contributed by atoms with E-state index in [2.05, 4.69) is 34.5 Å². The van der Waals surface area contributed by atoms with Gasteiger partial charge in [0.25, 0.3) is 0 Å². The van der Waals surface area contributed by atoms with Crippen molar-refractivity contribution in [2.75, 3.05) is 31.2 Å². The van der Waals surface area contributed by atoms with Crippen LogP contribution in [0.4, 0.5) is 5.69 Å². The Balaban J connectivity index is 1.39. The van der Waals surface area contributed by atoms with E-state index in [1.54, 1.807) is 0 Å². The minimum Gasteiger partial charge on any atom is -0.460 e. The van der Waals surface area contributed by atoms with Crippen LogP contribution < -0.4 is 10.2 Å². The van der Waals surface area contributed by atoms with Crippen LogP contribution in [0, 0.1) is 0 Å². The number of hydrogen-bond acceptors (Lipinski definition) is 4. The molecule has 1 fully saturated rings. The quantitative estimate of drug-likeness (QED) is 0.669. The summed E-state index contributed by atoms with van der Waals surface area (Å²) in [6.45, 7) is 4.92. The third-order valence-electron chi connectivity index (χ3n) is 4.76. The number of nitrogens with one attached hydrogen (secondary N) is 1. The third-order valence-corrected chi connectivity index (χ3v) is 5.09. The third kappa shape index (κ3) is 4.35. The summed E-state index contributed by atoms with van der Waals surface area (Å²) in [5, 5.41) is 4.19. The molecule has 0 atom stereocenters. The van der Waals surface area contributed by atoms with Gasteiger partial charge in [0, 0.05) is 30.9 Å². The van der Waals surface area contributed by atoms with E-state index in [0.717, 1.165) is 49.9 Å². The molecule has 5 heteroatoms. The second-order valence-corrected chi connectivity index (χ2v) is 6.98. The van der Waals surface area contributed by atoms with Crippen molar-refractivity contribution >= 4 is 17.3 Å². The molecule has 3 aromatic rings. The number of furan rings is 1. The second kappa shape index (κ2) is 8.61. The fourth-order valence-electron chi connectivity index (χ4n) is 3.37. The molecule has 0 bridgehead atoms. The van der Waals surface area contributed by atoms with Crippen LogP contribution in [0.5, 0.6) is 0 Å². The highest BCUT2D eigenvalue weighted by Gasteiger charge is 2.14. The highest BCUT2D eigenvalue weighted by Crippen LogP contribution is 2.29. The summed E-state index contributed by atoms with van der Waals surface area (Å²) >= 11 is 6.25. The maximum atomic E-state index is 6.25. The van der Waals surface area contributed by atoms with Crippen LogP contribution in [0.1, 0.15) is 11.3 Å². The molecule has 0 radical (unpaired) electrons. The molecule has 0 unspecified atom stereocenters. The Kier molecular flexibility index (Phi) is 5.78. The summed E-state index contributed by atoms with van der Waals surface area (Å²) in [6, 6.07) is 20.2. The standard InChI is InChI=1S/C22H23ClN2O2/c23-20-7-3-2-6-19(20)22-10-9-18(27-22)16-24-15-17-5-1-4-8-21(17)25-11-13-26-14-12-25/h1-10,24H,11-16H2. The van der Waals surface area contributed by atoms with Crippen molar-refractivity contribution in [3.8, 4) is 11.3 Å². The topological polar surface area (TPSA) is 37.6 Å². The maximum absolute atomic E-state index is 6.25. The summed E-state index contributed by atoms with van der Waals surface area (Å²) in [7, 11) is 0. The minimum absolute atomic E-state index is 0.669. The van der Waals surface area contributed by atoms with Gasteiger partial charge in [-0.3, -0.25) is 0 Å². The molecule has 2 aromatic carbocycles. The summed E-state index contributed by atoms with van der Waals surface area (Å²) < 4.78 is 11.4. The molecule has 2 heterocycles. The molecule has 4 nitrogen and oxygen atoms in total. The van der Waals surface area contributed by atoms with Gasteiger partial charge in [0.15, 0.2) is 0 Å². The number of nitrogens with zero attached hydrogens (tertiary/aromatic N) is 1. The first-order valence-electron chi connectivity index (χ1n) is 9.26. The van der Waals surface area contributed by atoms with E-state index in [-0.39, 0.29) is 0 Å². The zero-order valence-corrected chi connectivity index (χ0v) is 15.9. The van der Waals surface area contributed by atoms with Gasteiger partial charge >= 0.3 is 0 Å². The van der Waals surface area contributed by atoms with Crippen molar-refractivity contribution in [1.82, 2.24) is 5.32 Å². The molecular weight excluding hydrogens is 360 g/mol. The van der Waals surface area contributed by atoms with E-state index >= 15 is 0 Å². The van der Waals surface area contributed by atoms with Crippen molar-refractivity contribution in [1.29, 1.82) is 0 Å². The maximum Gasteiger partial charge on any atom is 0.135 e. The predicted molar refractivity (Wildman–Crippen MR) is 109 cm³/mol. The number of benzene rings is 2. The number of morpholine rings is 1. The summed E-state index contributed by atoms with van der Waals surface area (Å²) in [5.74, 6) is 1.69. The van der Waals surface area contributed by atoms with E-state index in [1.165, 1.54) is 11.3 Å². The molecule has 4 rings (SSSR count). The smallest absolute Gasteiger partial charge is 0.135 e. The molecule has 27 heavy (non-hydrogen) atoms. The molecule has 0 saturated carbocycles. The molecule has 0 amide bonds. The molecule has 1 aliphatic heterocycles. The Labute approximate surface area is 164 Å². The lowest BCUT2D eigenvalue weighted by atomic mass is 10.1. The van der Waals surface area contributed by atoms with Crippen LogP contribution in [-0.2, 0) is 17.8 Å². The van der Waals surface area contributed by atoms with Gasteiger partial charge in [0.05, 0.1) is 24.8 Å². The van der Waals surface area contributed by atoms with E-state index < -0.39 is 0 Å². The van der Waals surface area contributed by atoms with Crippen LogP contribution in [-0.4, -0.2) is 26.3 Å². The minimum atomic E-state index is 0.669. The Morgan fingerprint density at radius 3 is 2.52 bits per heavy atom. The van der Waals surface area contributed by atoms with E-state index in [1.807, 2.05) is 36.4 Å². The fraction of sp³-hybridized carbons (Fsp3) is 0.273. The Morgan fingerprint density at radius 2 is 1.67 bits per heavy atom. The molecule has 1 N–H and O–H groups in total. The molecular formula is C22H23ClN2O2. The lowest BCUT2D eigenvalue weighted by Crippen LogP contribution is -2.37. The van der Waals surface area contributed by atoms with Gasteiger partial charge in [0.2, 0.25) is 0 Å². The Bertz CT molecular complexity index is 887. The number of para-hydroxylation sites is 1. The number of halogens is 1. The number of hydrogen-bond donors (Lipinski definition) is 1.